The number of nitrogens with one attached hydrogen (secondary N) is 3. The van der Waals surface area contributed by atoms with Crippen LogP contribution < -0.4 is 16.0 Å². The summed E-state index contributed by atoms with van der Waals surface area (Å²) in [5.41, 5.74) is 0. The second-order valence-electron chi connectivity index (χ2n) is 5.48. The zero-order valence-corrected chi connectivity index (χ0v) is 12.4. The second kappa shape index (κ2) is 7.28. The summed E-state index contributed by atoms with van der Waals surface area (Å²) in [7, 11) is 0. The van der Waals surface area contributed by atoms with Crippen LogP contribution in [0.1, 0.15) is 26.7 Å². The first-order valence-electron chi connectivity index (χ1n) is 7.44. The minimum atomic E-state index is 0.128. The Morgan fingerprint density at radius 2 is 2.50 bits per heavy atom. The largest absolute Gasteiger partial charge is 0.370 e. The second-order valence-corrected chi connectivity index (χ2v) is 5.48. The quantitative estimate of drug-likeness (QED) is 0.646. The summed E-state index contributed by atoms with van der Waals surface area (Å²) in [6, 6.07) is 2.26. The van der Waals surface area contributed by atoms with Gasteiger partial charge in [-0.05, 0) is 13.3 Å². The molecule has 0 unspecified atom stereocenters. The predicted molar refractivity (Wildman–Crippen MR) is 79.6 cm³/mol. The molecule has 6 nitrogen and oxygen atoms in total. The molecule has 1 aromatic heterocycles. The van der Waals surface area contributed by atoms with Gasteiger partial charge in [-0.1, -0.05) is 6.92 Å². The van der Waals surface area contributed by atoms with Gasteiger partial charge in [-0.25, -0.2) is 4.68 Å². The molecule has 0 radical (unpaired) electrons. The molecule has 2 atom stereocenters. The highest BCUT2D eigenvalue weighted by Gasteiger charge is 2.17. The Morgan fingerprint density at radius 3 is 3.30 bits per heavy atom. The molecule has 1 aliphatic rings. The standard InChI is InChI=1S/C14H25N5O/c1-3-11(2)18-14(20)5-6-15-8-12-9-16-13-4-7-17-19(13)10-12/h4,7,11-12,15-16H,3,5-6,8-10H2,1-2H3,(H,18,20)/t11-,12-/m0/s1. The van der Waals surface area contributed by atoms with Crippen LogP contribution >= 0.6 is 0 Å². The first kappa shape index (κ1) is 14.8. The number of carbonyl (C=O) groups excluding carboxylic acids is 1. The van der Waals surface area contributed by atoms with Gasteiger partial charge < -0.3 is 16.0 Å². The average molecular weight is 279 g/mol. The van der Waals surface area contributed by atoms with Gasteiger partial charge in [0.15, 0.2) is 0 Å². The third-order valence-electron chi connectivity index (χ3n) is 3.70. The first-order chi connectivity index (χ1) is 9.69. The van der Waals surface area contributed by atoms with Gasteiger partial charge in [-0.2, -0.15) is 5.10 Å². The van der Waals surface area contributed by atoms with Crippen molar-refractivity contribution in [1.82, 2.24) is 20.4 Å². The van der Waals surface area contributed by atoms with E-state index in [0.29, 0.717) is 12.3 Å². The summed E-state index contributed by atoms with van der Waals surface area (Å²) in [6.07, 6.45) is 3.33. The molecule has 0 fully saturated rings. The maximum Gasteiger partial charge on any atom is 0.221 e. The van der Waals surface area contributed by atoms with Crippen LogP contribution in [-0.4, -0.2) is 41.4 Å². The van der Waals surface area contributed by atoms with Gasteiger partial charge in [0.1, 0.15) is 5.82 Å². The van der Waals surface area contributed by atoms with Crippen molar-refractivity contribution in [2.24, 2.45) is 5.92 Å². The Hall–Kier alpha value is -1.56. The van der Waals surface area contributed by atoms with E-state index < -0.39 is 0 Å². The average Bonchev–Trinajstić information content (AvgIpc) is 2.91. The molecule has 2 heterocycles. The van der Waals surface area contributed by atoms with Crippen molar-refractivity contribution >= 4 is 11.7 Å². The number of amides is 1. The number of anilines is 1. The fraction of sp³-hybridized carbons (Fsp3) is 0.714. The highest BCUT2D eigenvalue weighted by atomic mass is 16.1. The van der Waals surface area contributed by atoms with E-state index in [9.17, 15) is 4.79 Å². The predicted octanol–water partition coefficient (Wildman–Crippen LogP) is 0.819. The molecular weight excluding hydrogens is 254 g/mol. The van der Waals surface area contributed by atoms with Crippen molar-refractivity contribution in [3.05, 3.63) is 12.3 Å². The van der Waals surface area contributed by atoms with Crippen molar-refractivity contribution in [3.8, 4) is 0 Å². The Kier molecular flexibility index (Phi) is 5.40. The zero-order valence-electron chi connectivity index (χ0n) is 12.4. The topological polar surface area (TPSA) is 71.0 Å². The number of rotatable bonds is 7. The van der Waals surface area contributed by atoms with Crippen molar-refractivity contribution in [1.29, 1.82) is 0 Å². The molecule has 20 heavy (non-hydrogen) atoms. The van der Waals surface area contributed by atoms with E-state index >= 15 is 0 Å². The van der Waals surface area contributed by atoms with Crippen LogP contribution in [-0.2, 0) is 11.3 Å². The van der Waals surface area contributed by atoms with Crippen LogP contribution in [0, 0.1) is 5.92 Å². The molecule has 0 aromatic carbocycles. The summed E-state index contributed by atoms with van der Waals surface area (Å²) in [4.78, 5) is 11.6. The molecule has 0 spiro atoms. The molecule has 1 amide bonds. The maximum atomic E-state index is 11.6. The SMILES string of the molecule is CC[C@H](C)NC(=O)CCNC[C@H]1CNc2ccnn2C1. The highest BCUT2D eigenvalue weighted by Crippen LogP contribution is 2.15. The number of fused-ring (bicyclic) bond motifs is 1. The normalized spacial score (nSPS) is 19.0. The lowest BCUT2D eigenvalue weighted by Gasteiger charge is -2.25. The minimum Gasteiger partial charge on any atom is -0.370 e. The summed E-state index contributed by atoms with van der Waals surface area (Å²) in [5.74, 6) is 1.73. The Morgan fingerprint density at radius 1 is 1.65 bits per heavy atom. The third-order valence-corrected chi connectivity index (χ3v) is 3.70. The zero-order chi connectivity index (χ0) is 14.4. The lowest BCUT2D eigenvalue weighted by Crippen LogP contribution is -2.37. The minimum absolute atomic E-state index is 0.128. The number of hydrogen-bond acceptors (Lipinski definition) is 4. The molecule has 0 saturated heterocycles. The third kappa shape index (κ3) is 4.23. The fourth-order valence-electron chi connectivity index (χ4n) is 2.28. The lowest BCUT2D eigenvalue weighted by atomic mass is 10.1. The molecule has 0 bridgehead atoms. The summed E-state index contributed by atoms with van der Waals surface area (Å²) < 4.78 is 1.99. The molecule has 1 aliphatic heterocycles. The molecular formula is C14H25N5O. The van der Waals surface area contributed by atoms with Gasteiger partial charge in [-0.15, -0.1) is 0 Å². The molecule has 3 N–H and O–H groups in total. The number of hydrogen-bond donors (Lipinski definition) is 3. The van der Waals surface area contributed by atoms with Gasteiger partial charge in [0.05, 0.1) is 6.20 Å². The van der Waals surface area contributed by atoms with Gasteiger partial charge in [-0.3, -0.25) is 4.79 Å². The first-order valence-corrected chi connectivity index (χ1v) is 7.44. The number of aromatic nitrogens is 2. The van der Waals surface area contributed by atoms with E-state index in [2.05, 4.69) is 28.0 Å². The van der Waals surface area contributed by atoms with Crippen LogP contribution in [0.2, 0.25) is 0 Å². The Balaban J connectivity index is 1.59. The maximum absolute atomic E-state index is 11.6. The molecule has 0 aliphatic carbocycles. The van der Waals surface area contributed by atoms with Crippen LogP contribution in [0.15, 0.2) is 12.3 Å². The number of carbonyl (C=O) groups is 1. The summed E-state index contributed by atoms with van der Waals surface area (Å²) >= 11 is 0. The molecule has 6 heteroatoms. The van der Waals surface area contributed by atoms with Gasteiger partial charge >= 0.3 is 0 Å². The monoisotopic (exact) mass is 279 g/mol. The van der Waals surface area contributed by atoms with E-state index in [1.807, 2.05) is 23.9 Å². The smallest absolute Gasteiger partial charge is 0.221 e. The Bertz CT molecular complexity index is 431. The molecule has 1 aromatic rings. The van der Waals surface area contributed by atoms with Crippen molar-refractivity contribution < 1.29 is 4.79 Å². The molecule has 0 saturated carbocycles. The summed E-state index contributed by atoms with van der Waals surface area (Å²) in [5, 5.41) is 14.0. The van der Waals surface area contributed by atoms with Crippen molar-refractivity contribution in [3.63, 3.8) is 0 Å². The fourth-order valence-corrected chi connectivity index (χ4v) is 2.28. The van der Waals surface area contributed by atoms with E-state index in [4.69, 9.17) is 0 Å². The lowest BCUT2D eigenvalue weighted by molar-refractivity contribution is -0.121. The van der Waals surface area contributed by atoms with Gasteiger partial charge in [0.25, 0.3) is 0 Å². The van der Waals surface area contributed by atoms with Crippen molar-refractivity contribution in [2.45, 2.75) is 39.3 Å². The van der Waals surface area contributed by atoms with Gasteiger partial charge in [0.2, 0.25) is 5.91 Å². The van der Waals surface area contributed by atoms with E-state index in [0.717, 1.165) is 38.4 Å². The van der Waals surface area contributed by atoms with E-state index in [1.165, 1.54) is 0 Å². The Labute approximate surface area is 120 Å². The molecule has 2 rings (SSSR count). The van der Waals surface area contributed by atoms with Crippen molar-refractivity contribution in [2.75, 3.05) is 25.0 Å². The van der Waals surface area contributed by atoms with Crippen LogP contribution in [0.5, 0.6) is 0 Å². The van der Waals surface area contributed by atoms with E-state index in [1.54, 1.807) is 0 Å². The summed E-state index contributed by atoms with van der Waals surface area (Å²) in [6.45, 7) is 7.62. The number of nitrogens with zero attached hydrogens (tertiary/aromatic N) is 2. The molecule has 112 valence electrons. The van der Waals surface area contributed by atoms with Crippen LogP contribution in [0.3, 0.4) is 0 Å². The van der Waals surface area contributed by atoms with E-state index in [-0.39, 0.29) is 11.9 Å². The van der Waals surface area contributed by atoms with Gasteiger partial charge in [0, 0.05) is 50.6 Å². The highest BCUT2D eigenvalue weighted by molar-refractivity contribution is 5.76. The van der Waals surface area contributed by atoms with Crippen LogP contribution in [0.25, 0.3) is 0 Å². The van der Waals surface area contributed by atoms with Crippen LogP contribution in [0.4, 0.5) is 5.82 Å².